The van der Waals surface area contributed by atoms with E-state index in [0.29, 0.717) is 24.3 Å². The third kappa shape index (κ3) is 26.3. The average molecular weight is 643 g/mol. The average Bonchev–Trinajstić information content (AvgIpc) is 3.07. The molecule has 0 heterocycles. The third-order valence-corrected chi connectivity index (χ3v) is 9.30. The van der Waals surface area contributed by atoms with Gasteiger partial charge in [0.15, 0.2) is 0 Å². The van der Waals surface area contributed by atoms with Gasteiger partial charge in [0, 0.05) is 0 Å². The van der Waals surface area contributed by atoms with Crippen LogP contribution in [0.15, 0.2) is 24.3 Å². The van der Waals surface area contributed by atoms with Crippen molar-refractivity contribution in [3.63, 3.8) is 0 Å². The van der Waals surface area contributed by atoms with Crippen molar-refractivity contribution >= 4 is 11.9 Å². The van der Waals surface area contributed by atoms with E-state index in [1.807, 2.05) is 0 Å². The molecule has 46 heavy (non-hydrogen) atoms. The standard InChI is InChI=1S/C42H74O4/c1-3-5-7-9-11-13-15-17-19-20-22-24-26-28-30-32-37-46-42(44)40-35-33-34-39(38-40)41(43)45-36-31-29-27-25-23-21-18-16-14-12-10-8-6-4-2/h33-35,38H,3-32,36-37H2,1-2H3. The molecule has 0 aliphatic heterocycles. The Hall–Kier alpha value is -1.84. The van der Waals surface area contributed by atoms with E-state index in [0.717, 1.165) is 25.7 Å². The fraction of sp³-hybridized carbons (Fsp3) is 0.810. The Balaban J connectivity index is 1.97. The van der Waals surface area contributed by atoms with Gasteiger partial charge in [-0.3, -0.25) is 0 Å². The molecule has 0 saturated carbocycles. The van der Waals surface area contributed by atoms with Crippen LogP contribution in [0.5, 0.6) is 0 Å². The van der Waals surface area contributed by atoms with E-state index < -0.39 is 0 Å². The molecule has 0 N–H and O–H groups in total. The summed E-state index contributed by atoms with van der Waals surface area (Å²) in [5, 5.41) is 0. The number of rotatable bonds is 34. The van der Waals surface area contributed by atoms with E-state index >= 15 is 0 Å². The van der Waals surface area contributed by atoms with Crippen molar-refractivity contribution < 1.29 is 19.1 Å². The molecule has 0 spiro atoms. The molecule has 0 aliphatic carbocycles. The van der Waals surface area contributed by atoms with Crippen molar-refractivity contribution in [3.8, 4) is 0 Å². The Bertz CT molecular complexity index is 820. The van der Waals surface area contributed by atoms with Crippen LogP contribution in [-0.2, 0) is 9.47 Å². The second kappa shape index (κ2) is 33.1. The first kappa shape index (κ1) is 42.2. The molecular weight excluding hydrogens is 568 g/mol. The first-order chi connectivity index (χ1) is 22.7. The Kier molecular flexibility index (Phi) is 30.3. The van der Waals surface area contributed by atoms with E-state index in [2.05, 4.69) is 13.8 Å². The lowest BCUT2D eigenvalue weighted by molar-refractivity contribution is 0.0496. The Morgan fingerprint density at radius 3 is 0.891 bits per heavy atom. The van der Waals surface area contributed by atoms with Crippen molar-refractivity contribution in [3.05, 3.63) is 35.4 Å². The summed E-state index contributed by atoms with van der Waals surface area (Å²) in [5.41, 5.74) is 0.838. The smallest absolute Gasteiger partial charge is 0.338 e. The van der Waals surface area contributed by atoms with Crippen LogP contribution in [0, 0.1) is 0 Å². The van der Waals surface area contributed by atoms with Crippen molar-refractivity contribution in [1.82, 2.24) is 0 Å². The number of benzene rings is 1. The minimum absolute atomic E-state index is 0.359. The van der Waals surface area contributed by atoms with Crippen LogP contribution in [-0.4, -0.2) is 25.2 Å². The predicted octanol–water partition coefficient (Wildman–Crippen LogP) is 13.7. The molecule has 0 unspecified atom stereocenters. The van der Waals surface area contributed by atoms with Crippen molar-refractivity contribution in [2.45, 2.75) is 206 Å². The van der Waals surface area contributed by atoms with Crippen molar-refractivity contribution in [1.29, 1.82) is 0 Å². The SMILES string of the molecule is CCCCCCCCCCCCCCCCCCOC(=O)c1cccc(C(=O)OCCCCCCCCCCCCCCCC)c1. The van der Waals surface area contributed by atoms with Gasteiger partial charge in [0.2, 0.25) is 0 Å². The first-order valence-corrected chi connectivity index (χ1v) is 20.1. The van der Waals surface area contributed by atoms with Gasteiger partial charge in [-0.2, -0.15) is 0 Å². The Morgan fingerprint density at radius 2 is 0.630 bits per heavy atom. The van der Waals surface area contributed by atoms with Gasteiger partial charge in [0.05, 0.1) is 24.3 Å². The molecule has 0 saturated heterocycles. The molecule has 1 aromatic carbocycles. The molecule has 0 aliphatic rings. The highest BCUT2D eigenvalue weighted by atomic mass is 16.5. The lowest BCUT2D eigenvalue weighted by Crippen LogP contribution is -2.10. The largest absolute Gasteiger partial charge is 0.462 e. The number of unbranched alkanes of at least 4 members (excludes halogenated alkanes) is 28. The highest BCUT2D eigenvalue weighted by Gasteiger charge is 2.12. The monoisotopic (exact) mass is 643 g/mol. The predicted molar refractivity (Wildman–Crippen MR) is 197 cm³/mol. The van der Waals surface area contributed by atoms with E-state index in [1.54, 1.807) is 24.3 Å². The summed E-state index contributed by atoms with van der Waals surface area (Å²) in [7, 11) is 0. The molecule has 0 radical (unpaired) electrons. The number of ether oxygens (including phenoxy) is 2. The molecule has 1 rings (SSSR count). The third-order valence-electron chi connectivity index (χ3n) is 9.30. The fourth-order valence-corrected chi connectivity index (χ4v) is 6.22. The number of esters is 2. The quantitative estimate of drug-likeness (QED) is 0.0554. The van der Waals surface area contributed by atoms with Gasteiger partial charge < -0.3 is 9.47 Å². The van der Waals surface area contributed by atoms with Crippen LogP contribution in [0.4, 0.5) is 0 Å². The topological polar surface area (TPSA) is 52.6 Å². The molecule has 0 amide bonds. The van der Waals surface area contributed by atoms with Gasteiger partial charge in [-0.25, -0.2) is 9.59 Å². The maximum atomic E-state index is 12.5. The Morgan fingerprint density at radius 1 is 0.391 bits per heavy atom. The lowest BCUT2D eigenvalue weighted by atomic mass is 10.0. The van der Waals surface area contributed by atoms with Crippen LogP contribution >= 0.6 is 0 Å². The van der Waals surface area contributed by atoms with Crippen LogP contribution < -0.4 is 0 Å². The maximum absolute atomic E-state index is 12.5. The summed E-state index contributed by atoms with van der Waals surface area (Å²) in [6, 6.07) is 6.75. The van der Waals surface area contributed by atoms with Crippen LogP contribution in [0.3, 0.4) is 0 Å². The normalized spacial score (nSPS) is 11.2. The fourth-order valence-electron chi connectivity index (χ4n) is 6.22. The molecule has 0 atom stereocenters. The van der Waals surface area contributed by atoms with Gasteiger partial charge in [-0.1, -0.05) is 200 Å². The lowest BCUT2D eigenvalue weighted by Gasteiger charge is -2.08. The van der Waals surface area contributed by atoms with Crippen LogP contribution in [0.25, 0.3) is 0 Å². The summed E-state index contributed by atoms with van der Waals surface area (Å²) in [6.45, 7) is 5.42. The van der Waals surface area contributed by atoms with Gasteiger partial charge in [-0.05, 0) is 31.0 Å². The summed E-state index contributed by atoms with van der Waals surface area (Å²) >= 11 is 0. The highest BCUT2D eigenvalue weighted by molar-refractivity contribution is 5.95. The summed E-state index contributed by atoms with van der Waals surface area (Å²) < 4.78 is 11.0. The number of hydrogen-bond donors (Lipinski definition) is 0. The first-order valence-electron chi connectivity index (χ1n) is 20.1. The molecule has 1 aromatic rings. The van der Waals surface area contributed by atoms with E-state index in [1.165, 1.54) is 167 Å². The zero-order chi connectivity index (χ0) is 33.2. The summed E-state index contributed by atoms with van der Waals surface area (Å²) in [6.07, 6.45) is 39.4. The summed E-state index contributed by atoms with van der Waals surface area (Å²) in [5.74, 6) is -0.718. The molecular formula is C42H74O4. The van der Waals surface area contributed by atoms with E-state index in [-0.39, 0.29) is 11.9 Å². The van der Waals surface area contributed by atoms with Crippen LogP contribution in [0.1, 0.15) is 227 Å². The highest BCUT2D eigenvalue weighted by Crippen LogP contribution is 2.16. The van der Waals surface area contributed by atoms with Gasteiger partial charge >= 0.3 is 11.9 Å². The molecule has 4 heteroatoms. The zero-order valence-corrected chi connectivity index (χ0v) is 30.6. The molecule has 0 bridgehead atoms. The zero-order valence-electron chi connectivity index (χ0n) is 30.6. The van der Waals surface area contributed by atoms with E-state index in [4.69, 9.17) is 9.47 Å². The van der Waals surface area contributed by atoms with Gasteiger partial charge in [-0.15, -0.1) is 0 Å². The number of carbonyl (C=O) groups is 2. The minimum Gasteiger partial charge on any atom is -0.462 e. The van der Waals surface area contributed by atoms with E-state index in [9.17, 15) is 9.59 Å². The second-order valence-corrected chi connectivity index (χ2v) is 13.8. The maximum Gasteiger partial charge on any atom is 0.338 e. The van der Waals surface area contributed by atoms with Gasteiger partial charge in [0.1, 0.15) is 0 Å². The number of hydrogen-bond acceptors (Lipinski definition) is 4. The van der Waals surface area contributed by atoms with Crippen molar-refractivity contribution in [2.24, 2.45) is 0 Å². The summed E-state index contributed by atoms with van der Waals surface area (Å²) in [4.78, 5) is 25.0. The minimum atomic E-state index is -0.359. The Labute approximate surface area is 285 Å². The molecule has 4 nitrogen and oxygen atoms in total. The molecule has 0 fully saturated rings. The van der Waals surface area contributed by atoms with Gasteiger partial charge in [0.25, 0.3) is 0 Å². The molecule has 266 valence electrons. The van der Waals surface area contributed by atoms with Crippen LogP contribution in [0.2, 0.25) is 0 Å². The van der Waals surface area contributed by atoms with Crippen molar-refractivity contribution in [2.75, 3.05) is 13.2 Å². The number of carbonyl (C=O) groups excluding carboxylic acids is 2. The molecule has 0 aromatic heterocycles. The second-order valence-electron chi connectivity index (χ2n) is 13.8.